The van der Waals surface area contributed by atoms with Gasteiger partial charge in [0.05, 0.1) is 16.4 Å². The third-order valence-corrected chi connectivity index (χ3v) is 21.8. The molecule has 3 nitrogen and oxygen atoms in total. The Morgan fingerprint density at radius 3 is 1.86 bits per heavy atom. The third-order valence-electron chi connectivity index (χ3n) is 19.3. The molecule has 19 rings (SSSR count). The van der Waals surface area contributed by atoms with Crippen molar-refractivity contribution in [2.24, 2.45) is 0 Å². The maximum atomic E-state index is 7.04. The van der Waals surface area contributed by atoms with E-state index in [9.17, 15) is 0 Å². The Kier molecular flexibility index (Phi) is 12.4. The van der Waals surface area contributed by atoms with Crippen LogP contribution in [0.2, 0.25) is 5.02 Å². The zero-order chi connectivity index (χ0) is 61.3. The van der Waals surface area contributed by atoms with Crippen LogP contribution in [0.3, 0.4) is 0 Å². The van der Waals surface area contributed by atoms with Crippen LogP contribution in [-0.4, -0.2) is 4.57 Å². The Bertz CT molecular complexity index is 5930. The third kappa shape index (κ3) is 8.37. The molecule has 0 N–H and O–H groups in total. The quantitative estimate of drug-likeness (QED) is 0.134. The number of halogens is 1. The SMILES string of the molecule is Clc1ccc2c(c1)Sc1ccccc1C21c2ccc(/C(=C/c3ccc4sc5ccccc5c4c3-c3ccccc3)c3ccc4c(c3)c3ccccc3n4-c3ccccc3)cc2-c2cc(N(c3ccccc3)c3cc(-c4ccccc4)c4oc5ccccc5c4c3)ccc21. The Hall–Kier alpha value is -10.9. The summed E-state index contributed by atoms with van der Waals surface area (Å²) in [6.45, 7) is 0. The molecule has 0 bridgehead atoms. The first kappa shape index (κ1) is 53.9. The van der Waals surface area contributed by atoms with E-state index in [0.717, 1.165) is 93.5 Å². The van der Waals surface area contributed by atoms with Gasteiger partial charge in [-0.05, 0) is 188 Å². The van der Waals surface area contributed by atoms with Gasteiger partial charge in [0.15, 0.2) is 0 Å². The highest BCUT2D eigenvalue weighted by atomic mass is 35.5. The van der Waals surface area contributed by atoms with Crippen molar-refractivity contribution >= 4 is 127 Å². The fourth-order valence-electron chi connectivity index (χ4n) is 15.4. The summed E-state index contributed by atoms with van der Waals surface area (Å²) < 4.78 is 11.8. The first-order chi connectivity index (χ1) is 46.0. The minimum absolute atomic E-state index is 0.691. The van der Waals surface area contributed by atoms with Gasteiger partial charge in [-0.3, -0.25) is 0 Å². The van der Waals surface area contributed by atoms with Crippen molar-refractivity contribution in [1.29, 1.82) is 0 Å². The molecule has 1 aliphatic heterocycles. The maximum absolute atomic E-state index is 7.04. The molecule has 93 heavy (non-hydrogen) atoms. The van der Waals surface area contributed by atoms with Gasteiger partial charge in [-0.1, -0.05) is 230 Å². The number of fused-ring (bicyclic) bond motifs is 18. The molecule has 14 aromatic carbocycles. The van der Waals surface area contributed by atoms with Gasteiger partial charge in [0.1, 0.15) is 11.2 Å². The summed E-state index contributed by atoms with van der Waals surface area (Å²) in [4.78, 5) is 4.80. The normalized spacial score (nSPS) is 14.1. The van der Waals surface area contributed by atoms with Crippen LogP contribution in [0.4, 0.5) is 17.1 Å². The van der Waals surface area contributed by atoms with Crippen molar-refractivity contribution in [3.8, 4) is 39.1 Å². The van der Waals surface area contributed by atoms with Gasteiger partial charge in [-0.2, -0.15) is 0 Å². The highest BCUT2D eigenvalue weighted by Crippen LogP contribution is 2.64. The first-order valence-electron chi connectivity index (χ1n) is 31.6. The van der Waals surface area contributed by atoms with Gasteiger partial charge in [0.25, 0.3) is 0 Å². The topological polar surface area (TPSA) is 21.3 Å². The molecule has 6 heteroatoms. The minimum atomic E-state index is -0.691. The van der Waals surface area contributed by atoms with Crippen LogP contribution in [0.5, 0.6) is 0 Å². The molecule has 17 aromatic rings. The van der Waals surface area contributed by atoms with Gasteiger partial charge in [-0.15, -0.1) is 11.3 Å². The lowest BCUT2D eigenvalue weighted by Crippen LogP contribution is -2.32. The number of hydrogen-bond acceptors (Lipinski definition) is 4. The number of hydrogen-bond donors (Lipinski definition) is 0. The van der Waals surface area contributed by atoms with Crippen LogP contribution in [0, 0.1) is 0 Å². The molecule has 0 radical (unpaired) electrons. The van der Waals surface area contributed by atoms with Gasteiger partial charge >= 0.3 is 0 Å². The molecule has 1 atom stereocenters. The highest BCUT2D eigenvalue weighted by molar-refractivity contribution is 7.99. The maximum Gasteiger partial charge on any atom is 0.143 e. The Labute approximate surface area is 551 Å². The summed E-state index contributed by atoms with van der Waals surface area (Å²) in [7, 11) is 0. The molecule has 0 amide bonds. The van der Waals surface area contributed by atoms with Crippen molar-refractivity contribution in [3.63, 3.8) is 0 Å². The van der Waals surface area contributed by atoms with Crippen LogP contribution in [0.1, 0.15) is 38.9 Å². The van der Waals surface area contributed by atoms with E-state index < -0.39 is 5.41 Å². The number of anilines is 3. The summed E-state index contributed by atoms with van der Waals surface area (Å²) in [5, 5.41) is 7.81. The average Bonchev–Trinajstić information content (AvgIpc) is 1.55. The van der Waals surface area contributed by atoms with Crippen molar-refractivity contribution < 1.29 is 4.42 Å². The molecule has 436 valence electrons. The molecule has 0 fully saturated rings. The fraction of sp³-hybridized carbons (Fsp3) is 0.0115. The number of furan rings is 1. The molecule has 3 aromatic heterocycles. The van der Waals surface area contributed by atoms with Crippen LogP contribution < -0.4 is 4.90 Å². The van der Waals surface area contributed by atoms with E-state index in [4.69, 9.17) is 16.0 Å². The minimum Gasteiger partial charge on any atom is -0.455 e. The highest BCUT2D eigenvalue weighted by Gasteiger charge is 2.50. The average molecular weight is 1240 g/mol. The number of thiophene rings is 1. The molecule has 1 aliphatic carbocycles. The van der Waals surface area contributed by atoms with Gasteiger partial charge < -0.3 is 13.9 Å². The lowest BCUT2D eigenvalue weighted by molar-refractivity contribution is 0.670. The monoisotopic (exact) mass is 1240 g/mol. The number of rotatable bonds is 9. The zero-order valence-corrected chi connectivity index (χ0v) is 52.5. The van der Waals surface area contributed by atoms with Crippen LogP contribution in [0.15, 0.2) is 330 Å². The molecular weight excluding hydrogens is 1190 g/mol. The van der Waals surface area contributed by atoms with E-state index >= 15 is 0 Å². The Morgan fingerprint density at radius 1 is 0.409 bits per heavy atom. The van der Waals surface area contributed by atoms with E-state index in [1.807, 2.05) is 23.1 Å². The molecule has 0 saturated carbocycles. The van der Waals surface area contributed by atoms with Crippen LogP contribution >= 0.6 is 34.7 Å². The summed E-state index contributed by atoms with van der Waals surface area (Å²) in [6, 6.07) is 116. The number of aromatic nitrogens is 1. The molecule has 0 saturated heterocycles. The lowest BCUT2D eigenvalue weighted by atomic mass is 9.67. The van der Waals surface area contributed by atoms with E-state index in [1.54, 1.807) is 0 Å². The summed E-state index contributed by atoms with van der Waals surface area (Å²) in [5.74, 6) is 0. The molecule has 1 spiro atoms. The second-order valence-electron chi connectivity index (χ2n) is 24.3. The van der Waals surface area contributed by atoms with E-state index in [2.05, 4.69) is 331 Å². The van der Waals surface area contributed by atoms with Gasteiger partial charge in [-0.25, -0.2) is 0 Å². The Morgan fingerprint density at radius 2 is 1.03 bits per heavy atom. The van der Waals surface area contributed by atoms with Crippen LogP contribution in [-0.2, 0) is 5.41 Å². The second-order valence-corrected chi connectivity index (χ2v) is 26.9. The number of benzene rings is 14. The lowest BCUT2D eigenvalue weighted by Gasteiger charge is -2.40. The first-order valence-corrected chi connectivity index (χ1v) is 33.6. The van der Waals surface area contributed by atoms with E-state index in [0.29, 0.717) is 0 Å². The smallest absolute Gasteiger partial charge is 0.143 e. The molecule has 4 heterocycles. The predicted molar refractivity (Wildman–Crippen MR) is 393 cm³/mol. The molecular formula is C87H53ClN2OS2. The molecule has 1 unspecified atom stereocenters. The standard InChI is InChI=1S/C87H53ClN2OS2/c88-59-40-43-76-83(50-59)93-81-36-20-16-32-75(81)87(76)73-42-37-56(47-69(73)70-51-62(41-44-74(70)87)89(60-25-9-3-10-26-60)63-52-68(54-21-5-1-6-22-54)86-72(53-63)65-30-14-18-34-79(65)91-86)67(57-38-45-78-71(48-57)64-29-13-17-33-77(64)90(78)61-27-11-4-12-28-61)49-58-39-46-82-85(66-31-15-19-35-80(66)92-82)84(58)55-23-7-2-8-24-55/h1-53H/b67-49-. The summed E-state index contributed by atoms with van der Waals surface area (Å²) >= 11 is 10.7. The van der Waals surface area contributed by atoms with Crippen molar-refractivity contribution in [2.45, 2.75) is 15.2 Å². The van der Waals surface area contributed by atoms with Crippen molar-refractivity contribution in [3.05, 3.63) is 359 Å². The Balaban J connectivity index is 0.899. The summed E-state index contributed by atoms with van der Waals surface area (Å²) in [6.07, 6.45) is 2.48. The molecule has 2 aliphatic rings. The van der Waals surface area contributed by atoms with Crippen molar-refractivity contribution in [2.75, 3.05) is 4.90 Å². The largest absolute Gasteiger partial charge is 0.455 e. The second kappa shape index (κ2) is 21.3. The number of para-hydroxylation sites is 4. The summed E-state index contributed by atoms with van der Waals surface area (Å²) in [5.41, 5.74) is 23.9. The van der Waals surface area contributed by atoms with Crippen molar-refractivity contribution in [1.82, 2.24) is 4.57 Å². The van der Waals surface area contributed by atoms with E-state index in [1.165, 1.54) is 85.9 Å². The number of nitrogens with zero attached hydrogens (tertiary/aromatic N) is 2. The van der Waals surface area contributed by atoms with E-state index in [-0.39, 0.29) is 0 Å². The fourth-order valence-corrected chi connectivity index (χ4v) is 18.0. The zero-order valence-electron chi connectivity index (χ0n) is 50.1. The van der Waals surface area contributed by atoms with Gasteiger partial charge in [0, 0.05) is 84.8 Å². The van der Waals surface area contributed by atoms with Gasteiger partial charge in [0.2, 0.25) is 0 Å². The predicted octanol–water partition coefficient (Wildman–Crippen LogP) is 24.9. The van der Waals surface area contributed by atoms with Crippen LogP contribution in [0.25, 0.3) is 115 Å².